The maximum atomic E-state index is 4.86. The van der Waals surface area contributed by atoms with Gasteiger partial charge in [-0.1, -0.05) is 38.2 Å². The van der Waals surface area contributed by atoms with Gasteiger partial charge >= 0.3 is 0 Å². The fraction of sp³-hybridized carbons (Fsp3) is 0.562. The minimum absolute atomic E-state index is 0.186. The smallest absolute Gasteiger partial charge is 0.186 e. The number of thiazole rings is 1. The predicted molar refractivity (Wildman–Crippen MR) is 88.0 cm³/mol. The third-order valence-electron chi connectivity index (χ3n) is 4.02. The van der Waals surface area contributed by atoms with Crippen LogP contribution >= 0.6 is 11.3 Å². The Kier molecular flexibility index (Phi) is 3.46. The highest BCUT2D eigenvalue weighted by Crippen LogP contribution is 2.32. The molecule has 0 N–H and O–H groups in total. The molecule has 0 bridgehead atoms. The van der Waals surface area contributed by atoms with Gasteiger partial charge in [-0.3, -0.25) is 0 Å². The first-order valence-corrected chi connectivity index (χ1v) is 8.10. The molecule has 3 nitrogen and oxygen atoms in total. The average molecular weight is 289 g/mol. The molecule has 1 aromatic carbocycles. The molecule has 0 amide bonds. The lowest BCUT2D eigenvalue weighted by Gasteiger charge is -2.32. The number of benzene rings is 1. The highest BCUT2D eigenvalue weighted by atomic mass is 32.1. The predicted octanol–water partition coefficient (Wildman–Crippen LogP) is 3.35. The molecule has 0 radical (unpaired) electrons. The van der Waals surface area contributed by atoms with E-state index >= 15 is 0 Å². The summed E-state index contributed by atoms with van der Waals surface area (Å²) in [6, 6.07) is 6.73. The van der Waals surface area contributed by atoms with E-state index in [4.69, 9.17) is 4.98 Å². The molecule has 0 unspecified atom stereocenters. The Balaban J connectivity index is 1.91. The van der Waals surface area contributed by atoms with Gasteiger partial charge in [0.15, 0.2) is 5.13 Å². The normalized spacial score (nSPS) is 17.9. The Hall–Kier alpha value is -1.13. The van der Waals surface area contributed by atoms with Gasteiger partial charge in [-0.15, -0.1) is 0 Å². The first-order chi connectivity index (χ1) is 9.43. The van der Waals surface area contributed by atoms with Crippen LogP contribution in [0, 0.1) is 0 Å². The molecular weight excluding hydrogens is 266 g/mol. The van der Waals surface area contributed by atoms with Gasteiger partial charge in [0.05, 0.1) is 10.2 Å². The molecule has 1 aromatic heterocycles. The van der Waals surface area contributed by atoms with Crippen molar-refractivity contribution in [3.8, 4) is 0 Å². The van der Waals surface area contributed by atoms with Gasteiger partial charge in [0.2, 0.25) is 0 Å². The van der Waals surface area contributed by atoms with Gasteiger partial charge < -0.3 is 9.80 Å². The van der Waals surface area contributed by atoms with E-state index in [0.29, 0.717) is 0 Å². The minimum atomic E-state index is 0.186. The summed E-state index contributed by atoms with van der Waals surface area (Å²) >= 11 is 1.82. The lowest BCUT2D eigenvalue weighted by Crippen LogP contribution is -2.44. The molecule has 1 saturated heterocycles. The standard InChI is InChI=1S/C16H23N3S/c1-16(2,3)12-5-6-14-13(11-12)17-15(20-14)19-9-7-18(4)8-10-19/h5-6,11H,7-10H2,1-4H3. The third kappa shape index (κ3) is 2.67. The zero-order valence-electron chi connectivity index (χ0n) is 12.8. The molecule has 20 heavy (non-hydrogen) atoms. The Bertz CT molecular complexity index is 604. The first-order valence-electron chi connectivity index (χ1n) is 7.28. The van der Waals surface area contributed by atoms with Crippen molar-refractivity contribution in [2.24, 2.45) is 0 Å². The van der Waals surface area contributed by atoms with Crippen molar-refractivity contribution in [2.75, 3.05) is 38.1 Å². The largest absolute Gasteiger partial charge is 0.345 e. The van der Waals surface area contributed by atoms with Crippen molar-refractivity contribution < 1.29 is 0 Å². The summed E-state index contributed by atoms with van der Waals surface area (Å²) in [5.41, 5.74) is 2.70. The number of piperazine rings is 1. The van der Waals surface area contributed by atoms with E-state index in [9.17, 15) is 0 Å². The zero-order chi connectivity index (χ0) is 14.3. The van der Waals surface area contributed by atoms with Crippen molar-refractivity contribution in [1.82, 2.24) is 9.88 Å². The van der Waals surface area contributed by atoms with E-state index in [1.807, 2.05) is 11.3 Å². The van der Waals surface area contributed by atoms with Crippen LogP contribution in [0.3, 0.4) is 0 Å². The SMILES string of the molecule is CN1CCN(c2nc3cc(C(C)(C)C)ccc3s2)CC1. The molecule has 0 aliphatic carbocycles. The maximum Gasteiger partial charge on any atom is 0.186 e. The fourth-order valence-electron chi connectivity index (χ4n) is 2.51. The molecule has 108 valence electrons. The second-order valence-corrected chi connectivity index (χ2v) is 7.73. The van der Waals surface area contributed by atoms with Gasteiger partial charge in [-0.25, -0.2) is 4.98 Å². The van der Waals surface area contributed by atoms with Gasteiger partial charge in [0.25, 0.3) is 0 Å². The number of hydrogen-bond donors (Lipinski definition) is 0. The van der Waals surface area contributed by atoms with E-state index in [1.165, 1.54) is 15.4 Å². The minimum Gasteiger partial charge on any atom is -0.345 e. The van der Waals surface area contributed by atoms with Crippen LogP contribution < -0.4 is 4.90 Å². The average Bonchev–Trinajstić information content (AvgIpc) is 2.81. The van der Waals surface area contributed by atoms with Crippen LogP contribution in [0.2, 0.25) is 0 Å². The van der Waals surface area contributed by atoms with Crippen LogP contribution in [0.15, 0.2) is 18.2 Å². The molecule has 2 aromatic rings. The van der Waals surface area contributed by atoms with Crippen LogP contribution in [0.4, 0.5) is 5.13 Å². The molecule has 1 aliphatic rings. The number of rotatable bonds is 1. The monoisotopic (exact) mass is 289 g/mol. The molecule has 1 fully saturated rings. The van der Waals surface area contributed by atoms with Crippen molar-refractivity contribution >= 4 is 26.7 Å². The number of nitrogens with zero attached hydrogens (tertiary/aromatic N) is 3. The van der Waals surface area contributed by atoms with E-state index in [0.717, 1.165) is 31.7 Å². The molecule has 0 atom stereocenters. The second-order valence-electron chi connectivity index (χ2n) is 6.72. The van der Waals surface area contributed by atoms with Crippen molar-refractivity contribution in [1.29, 1.82) is 0 Å². The summed E-state index contributed by atoms with van der Waals surface area (Å²) in [7, 11) is 2.19. The van der Waals surface area contributed by atoms with Crippen molar-refractivity contribution in [3.05, 3.63) is 23.8 Å². The Labute approximate surface area is 125 Å². The molecule has 3 rings (SSSR count). The van der Waals surface area contributed by atoms with E-state index in [-0.39, 0.29) is 5.41 Å². The molecule has 1 aliphatic heterocycles. The molecule has 0 saturated carbocycles. The van der Waals surface area contributed by atoms with Crippen LogP contribution in [0.25, 0.3) is 10.2 Å². The summed E-state index contributed by atoms with van der Waals surface area (Å²) in [5, 5.41) is 1.18. The number of hydrogen-bond acceptors (Lipinski definition) is 4. The highest BCUT2D eigenvalue weighted by molar-refractivity contribution is 7.22. The van der Waals surface area contributed by atoms with E-state index in [1.54, 1.807) is 0 Å². The number of likely N-dealkylation sites (N-methyl/N-ethyl adjacent to an activating group) is 1. The van der Waals surface area contributed by atoms with Crippen LogP contribution in [-0.4, -0.2) is 43.1 Å². The van der Waals surface area contributed by atoms with Gasteiger partial charge in [0.1, 0.15) is 0 Å². The summed E-state index contributed by atoms with van der Waals surface area (Å²) in [5.74, 6) is 0. The summed E-state index contributed by atoms with van der Waals surface area (Å²) < 4.78 is 1.30. The van der Waals surface area contributed by atoms with E-state index in [2.05, 4.69) is 55.8 Å². The maximum absolute atomic E-state index is 4.86. The van der Waals surface area contributed by atoms with Crippen molar-refractivity contribution in [3.63, 3.8) is 0 Å². The quantitative estimate of drug-likeness (QED) is 0.802. The second kappa shape index (κ2) is 5.01. The Morgan fingerprint density at radius 3 is 2.45 bits per heavy atom. The first kappa shape index (κ1) is 13.8. The Morgan fingerprint density at radius 1 is 1.10 bits per heavy atom. The summed E-state index contributed by atoms with van der Waals surface area (Å²) in [4.78, 5) is 9.66. The van der Waals surface area contributed by atoms with Gasteiger partial charge in [0, 0.05) is 26.2 Å². The van der Waals surface area contributed by atoms with Gasteiger partial charge in [-0.05, 0) is 30.2 Å². The van der Waals surface area contributed by atoms with Crippen molar-refractivity contribution in [2.45, 2.75) is 26.2 Å². The lowest BCUT2D eigenvalue weighted by molar-refractivity contribution is 0.313. The number of fused-ring (bicyclic) bond motifs is 1. The van der Waals surface area contributed by atoms with Crippen LogP contribution in [-0.2, 0) is 5.41 Å². The van der Waals surface area contributed by atoms with Gasteiger partial charge in [-0.2, -0.15) is 0 Å². The molecule has 0 spiro atoms. The third-order valence-corrected chi connectivity index (χ3v) is 5.11. The topological polar surface area (TPSA) is 19.4 Å². The van der Waals surface area contributed by atoms with E-state index < -0.39 is 0 Å². The number of anilines is 1. The van der Waals surface area contributed by atoms with Crippen LogP contribution in [0.5, 0.6) is 0 Å². The molecule has 2 heterocycles. The van der Waals surface area contributed by atoms with Crippen LogP contribution in [0.1, 0.15) is 26.3 Å². The summed E-state index contributed by atoms with van der Waals surface area (Å²) in [6.07, 6.45) is 0. The lowest BCUT2D eigenvalue weighted by atomic mass is 9.87. The Morgan fingerprint density at radius 2 is 1.80 bits per heavy atom. The number of aromatic nitrogens is 1. The highest BCUT2D eigenvalue weighted by Gasteiger charge is 2.19. The molecular formula is C16H23N3S. The molecule has 4 heteroatoms. The zero-order valence-corrected chi connectivity index (χ0v) is 13.6. The summed E-state index contributed by atoms with van der Waals surface area (Å²) in [6.45, 7) is 11.2. The fourth-order valence-corrected chi connectivity index (χ4v) is 3.51.